The fourth-order valence-corrected chi connectivity index (χ4v) is 2.91. The molecule has 0 radical (unpaired) electrons. The number of rotatable bonds is 9. The molecule has 4 atom stereocenters. The lowest BCUT2D eigenvalue weighted by molar-refractivity contribution is -0.229. The van der Waals surface area contributed by atoms with Gasteiger partial charge in [-0.3, -0.25) is 4.79 Å². The van der Waals surface area contributed by atoms with Gasteiger partial charge in [0, 0.05) is 23.9 Å². The molecule has 0 saturated carbocycles. The Hall–Kier alpha value is -1.71. The number of benzene rings is 1. The van der Waals surface area contributed by atoms with E-state index in [1.807, 2.05) is 7.05 Å². The molecule has 0 bridgehead atoms. The minimum absolute atomic E-state index is 0.0218. The van der Waals surface area contributed by atoms with Crippen molar-refractivity contribution in [1.82, 2.24) is 10.6 Å². The largest absolute Gasteiger partial charge is 0.493 e. The van der Waals surface area contributed by atoms with E-state index in [9.17, 15) is 20.1 Å². The second-order valence-electron chi connectivity index (χ2n) is 7.96. The maximum absolute atomic E-state index is 12.3. The smallest absolute Gasteiger partial charge is 0.251 e. The van der Waals surface area contributed by atoms with Gasteiger partial charge in [-0.05, 0) is 44.3 Å². The lowest BCUT2D eigenvalue weighted by atomic mass is 9.90. The van der Waals surface area contributed by atoms with Crippen LogP contribution in [-0.2, 0) is 4.74 Å². The molecule has 0 spiro atoms. The van der Waals surface area contributed by atoms with Crippen molar-refractivity contribution in [2.45, 2.75) is 51.3 Å². The average molecular weight is 396 g/mol. The molecular formula is C20H32N2O6. The predicted molar refractivity (Wildman–Crippen MR) is 104 cm³/mol. The number of ether oxygens (including phenoxy) is 2. The number of nitrogens with one attached hydrogen (secondary N) is 2. The maximum Gasteiger partial charge on any atom is 0.251 e. The predicted octanol–water partition coefficient (Wildman–Crippen LogP) is 0.260. The van der Waals surface area contributed by atoms with E-state index < -0.39 is 24.6 Å². The molecule has 1 heterocycles. The van der Waals surface area contributed by atoms with Crippen molar-refractivity contribution in [3.8, 4) is 5.75 Å². The van der Waals surface area contributed by atoms with Crippen LogP contribution < -0.4 is 15.4 Å². The highest BCUT2D eigenvalue weighted by atomic mass is 16.6. The molecule has 8 nitrogen and oxygen atoms in total. The van der Waals surface area contributed by atoms with Gasteiger partial charge in [0.15, 0.2) is 6.29 Å². The molecule has 158 valence electrons. The molecule has 1 saturated heterocycles. The van der Waals surface area contributed by atoms with Gasteiger partial charge >= 0.3 is 0 Å². The second-order valence-corrected chi connectivity index (χ2v) is 7.96. The molecule has 1 aliphatic heterocycles. The summed E-state index contributed by atoms with van der Waals surface area (Å²) in [4.78, 5) is 12.3. The zero-order chi connectivity index (χ0) is 20.7. The molecule has 2 unspecified atom stereocenters. The van der Waals surface area contributed by atoms with E-state index in [1.165, 1.54) is 0 Å². The van der Waals surface area contributed by atoms with Gasteiger partial charge < -0.3 is 35.4 Å². The minimum atomic E-state index is -1.16. The van der Waals surface area contributed by atoms with Crippen molar-refractivity contribution in [2.75, 3.05) is 26.7 Å². The maximum atomic E-state index is 12.3. The lowest BCUT2D eigenvalue weighted by Gasteiger charge is -2.34. The van der Waals surface area contributed by atoms with Crippen molar-refractivity contribution >= 4 is 5.91 Å². The third-order valence-corrected chi connectivity index (χ3v) is 4.81. The summed E-state index contributed by atoms with van der Waals surface area (Å²) in [6.45, 7) is 5.75. The van der Waals surface area contributed by atoms with Crippen LogP contribution in [0.15, 0.2) is 24.3 Å². The van der Waals surface area contributed by atoms with Crippen LogP contribution in [-0.4, -0.2) is 72.6 Å². The Kier molecular flexibility index (Phi) is 8.21. The van der Waals surface area contributed by atoms with Gasteiger partial charge in [0.2, 0.25) is 0 Å². The Morgan fingerprint density at radius 3 is 2.57 bits per heavy atom. The Morgan fingerprint density at radius 1 is 1.25 bits per heavy atom. The molecule has 5 N–H and O–H groups in total. The Labute approximate surface area is 165 Å². The van der Waals surface area contributed by atoms with Crippen LogP contribution in [0.2, 0.25) is 0 Å². The highest BCUT2D eigenvalue weighted by Gasteiger charge is 2.36. The summed E-state index contributed by atoms with van der Waals surface area (Å²) in [5.74, 6) is 0.345. The first kappa shape index (κ1) is 22.6. The molecule has 2 rings (SSSR count). The van der Waals surface area contributed by atoms with Gasteiger partial charge in [-0.2, -0.15) is 0 Å². The molecule has 1 aliphatic rings. The monoisotopic (exact) mass is 396 g/mol. The first-order valence-electron chi connectivity index (χ1n) is 9.57. The Balaban J connectivity index is 1.83. The van der Waals surface area contributed by atoms with Gasteiger partial charge in [0.05, 0.1) is 12.7 Å². The SMILES string of the molecule is CNCCC(C)(C)COc1ccc(C(=O)NCC2O[C@H](O)CC(O)[C@@H]2O)cc1. The molecule has 8 heteroatoms. The van der Waals surface area contributed by atoms with E-state index in [2.05, 4.69) is 24.5 Å². The van der Waals surface area contributed by atoms with Gasteiger partial charge in [-0.25, -0.2) is 0 Å². The molecule has 1 amide bonds. The van der Waals surface area contributed by atoms with Crippen molar-refractivity contribution < 1.29 is 29.6 Å². The fourth-order valence-electron chi connectivity index (χ4n) is 2.91. The second kappa shape index (κ2) is 10.2. The lowest BCUT2D eigenvalue weighted by Crippen LogP contribution is -2.52. The Morgan fingerprint density at radius 2 is 1.93 bits per heavy atom. The summed E-state index contributed by atoms with van der Waals surface area (Å²) in [7, 11) is 1.92. The van der Waals surface area contributed by atoms with E-state index in [0.29, 0.717) is 17.9 Å². The van der Waals surface area contributed by atoms with E-state index in [4.69, 9.17) is 9.47 Å². The summed E-state index contributed by atoms with van der Waals surface area (Å²) in [5, 5.41) is 34.9. The number of aliphatic hydroxyl groups excluding tert-OH is 3. The fraction of sp³-hybridized carbons (Fsp3) is 0.650. The van der Waals surface area contributed by atoms with Crippen molar-refractivity contribution in [3.63, 3.8) is 0 Å². The van der Waals surface area contributed by atoms with E-state index in [0.717, 1.165) is 13.0 Å². The van der Waals surface area contributed by atoms with Crippen LogP contribution >= 0.6 is 0 Å². The van der Waals surface area contributed by atoms with Crippen LogP contribution in [0.5, 0.6) is 5.75 Å². The molecular weight excluding hydrogens is 364 g/mol. The first-order chi connectivity index (χ1) is 13.2. The highest BCUT2D eigenvalue weighted by molar-refractivity contribution is 5.94. The number of carbonyl (C=O) groups excluding carboxylic acids is 1. The quantitative estimate of drug-likeness (QED) is 0.406. The normalized spacial score (nSPS) is 25.4. The van der Waals surface area contributed by atoms with Crippen LogP contribution in [0.25, 0.3) is 0 Å². The zero-order valence-electron chi connectivity index (χ0n) is 16.7. The van der Waals surface area contributed by atoms with E-state index in [1.54, 1.807) is 24.3 Å². The first-order valence-corrected chi connectivity index (χ1v) is 9.57. The molecule has 1 aromatic carbocycles. The average Bonchev–Trinajstić information content (AvgIpc) is 2.66. The van der Waals surface area contributed by atoms with Crippen molar-refractivity contribution in [1.29, 1.82) is 0 Å². The molecule has 1 aromatic rings. The van der Waals surface area contributed by atoms with Crippen LogP contribution in [0, 0.1) is 5.41 Å². The van der Waals surface area contributed by atoms with E-state index in [-0.39, 0.29) is 24.3 Å². The van der Waals surface area contributed by atoms with Crippen LogP contribution in [0.4, 0.5) is 0 Å². The zero-order valence-corrected chi connectivity index (χ0v) is 16.7. The summed E-state index contributed by atoms with van der Waals surface area (Å²) in [5.41, 5.74) is 0.475. The highest BCUT2D eigenvalue weighted by Crippen LogP contribution is 2.22. The number of carbonyl (C=O) groups is 1. The number of hydrogen-bond acceptors (Lipinski definition) is 7. The summed E-state index contributed by atoms with van der Waals surface area (Å²) in [6, 6.07) is 6.80. The Bertz CT molecular complexity index is 622. The minimum Gasteiger partial charge on any atom is -0.493 e. The molecule has 0 aliphatic carbocycles. The van der Waals surface area contributed by atoms with Gasteiger partial charge in [0.1, 0.15) is 18.0 Å². The topological polar surface area (TPSA) is 120 Å². The van der Waals surface area contributed by atoms with Gasteiger partial charge in [0.25, 0.3) is 5.91 Å². The van der Waals surface area contributed by atoms with Crippen LogP contribution in [0.3, 0.4) is 0 Å². The van der Waals surface area contributed by atoms with Crippen LogP contribution in [0.1, 0.15) is 37.0 Å². The van der Waals surface area contributed by atoms with Gasteiger partial charge in [-0.15, -0.1) is 0 Å². The standard InChI is InChI=1S/C20H32N2O6/c1-20(2,8-9-21-3)12-27-14-6-4-13(5-7-14)19(26)22-11-16-18(25)15(23)10-17(24)28-16/h4-7,15-18,21,23-25H,8-12H2,1-3H3,(H,22,26)/t15?,16?,17-,18-/m0/s1. The number of hydrogen-bond donors (Lipinski definition) is 5. The molecule has 28 heavy (non-hydrogen) atoms. The van der Waals surface area contributed by atoms with E-state index >= 15 is 0 Å². The summed E-state index contributed by atoms with van der Waals surface area (Å²) < 4.78 is 11.0. The molecule has 1 fully saturated rings. The number of amides is 1. The third-order valence-electron chi connectivity index (χ3n) is 4.81. The number of aliphatic hydroxyl groups is 3. The third kappa shape index (κ3) is 6.72. The summed E-state index contributed by atoms with van der Waals surface area (Å²) >= 11 is 0. The summed E-state index contributed by atoms with van der Waals surface area (Å²) in [6.07, 6.45) is -3.34. The van der Waals surface area contributed by atoms with Crippen molar-refractivity contribution in [3.05, 3.63) is 29.8 Å². The van der Waals surface area contributed by atoms with Gasteiger partial charge in [-0.1, -0.05) is 13.8 Å². The van der Waals surface area contributed by atoms with Crippen molar-refractivity contribution in [2.24, 2.45) is 5.41 Å². The molecule has 0 aromatic heterocycles.